The Morgan fingerprint density at radius 2 is 2.04 bits per heavy atom. The zero-order chi connectivity index (χ0) is 18.6. The topological polar surface area (TPSA) is 95.9 Å². The number of benzene rings is 1. The van der Waals surface area contributed by atoms with Crippen molar-refractivity contribution in [2.75, 3.05) is 20.7 Å². The largest absolute Gasteiger partial charge is 0.496 e. The summed E-state index contributed by atoms with van der Waals surface area (Å²) in [5.41, 5.74) is 1.69. The van der Waals surface area contributed by atoms with Crippen LogP contribution in [0.25, 0.3) is 0 Å². The molecule has 0 aliphatic carbocycles. The number of nitrogens with one attached hydrogen (secondary N) is 1. The molecule has 2 N–H and O–H groups in total. The van der Waals surface area contributed by atoms with E-state index in [1.165, 1.54) is 19.1 Å². The lowest BCUT2D eigenvalue weighted by molar-refractivity contribution is -0.154. The van der Waals surface area contributed by atoms with E-state index in [1.807, 2.05) is 19.1 Å². The molecule has 1 aliphatic rings. The average Bonchev–Trinajstić information content (AvgIpc) is 2.60. The first-order valence-electron chi connectivity index (χ1n) is 8.24. The van der Waals surface area contributed by atoms with Gasteiger partial charge in [-0.3, -0.25) is 9.59 Å². The number of hydrogen-bond acceptors (Lipinski definition) is 4. The second-order valence-corrected chi connectivity index (χ2v) is 6.28. The number of methoxy groups -OCH3 is 1. The van der Waals surface area contributed by atoms with E-state index >= 15 is 0 Å². The number of carboxylic acids is 1. The van der Waals surface area contributed by atoms with Gasteiger partial charge in [0.05, 0.1) is 19.4 Å². The van der Waals surface area contributed by atoms with Crippen LogP contribution in [0.4, 0.5) is 0 Å². The maximum Gasteiger partial charge on any atom is 0.326 e. The summed E-state index contributed by atoms with van der Waals surface area (Å²) in [5, 5.41) is 12.0. The number of carbonyl (C=O) groups excluding carboxylic acids is 2. The van der Waals surface area contributed by atoms with E-state index in [9.17, 15) is 19.5 Å². The fraction of sp³-hybridized carbons (Fsp3) is 0.500. The van der Waals surface area contributed by atoms with Crippen molar-refractivity contribution in [2.24, 2.45) is 5.92 Å². The molecule has 7 nitrogen and oxygen atoms in total. The van der Waals surface area contributed by atoms with Crippen molar-refractivity contribution in [1.29, 1.82) is 0 Å². The van der Waals surface area contributed by atoms with E-state index in [2.05, 4.69) is 5.32 Å². The average molecular weight is 348 g/mol. The maximum atomic E-state index is 12.8. The highest BCUT2D eigenvalue weighted by Gasteiger charge is 2.38. The SMILES string of the molecule is CNC(=O)[C@H]1CC[C@@H](C(=O)O)N(C(=O)Cc2cc(C)ccc2OC)C1. The number of carbonyl (C=O) groups is 3. The summed E-state index contributed by atoms with van der Waals surface area (Å²) in [4.78, 5) is 37.5. The first kappa shape index (κ1) is 18.8. The van der Waals surface area contributed by atoms with E-state index in [-0.39, 0.29) is 37.1 Å². The van der Waals surface area contributed by atoms with Crippen LogP contribution in [-0.2, 0) is 20.8 Å². The van der Waals surface area contributed by atoms with E-state index < -0.39 is 12.0 Å². The first-order chi connectivity index (χ1) is 11.9. The molecule has 0 spiro atoms. The van der Waals surface area contributed by atoms with Gasteiger partial charge in [0.25, 0.3) is 0 Å². The zero-order valence-corrected chi connectivity index (χ0v) is 14.7. The highest BCUT2D eigenvalue weighted by atomic mass is 16.5. The van der Waals surface area contributed by atoms with Gasteiger partial charge in [0.2, 0.25) is 11.8 Å². The molecule has 1 aromatic rings. The molecule has 1 heterocycles. The third-order valence-corrected chi connectivity index (χ3v) is 4.58. The molecule has 1 aromatic carbocycles. The molecule has 0 radical (unpaired) electrons. The van der Waals surface area contributed by atoms with Gasteiger partial charge < -0.3 is 20.1 Å². The van der Waals surface area contributed by atoms with Gasteiger partial charge in [-0.25, -0.2) is 4.79 Å². The molecule has 1 saturated heterocycles. The Labute approximate surface area is 147 Å². The van der Waals surface area contributed by atoms with Crippen LogP contribution >= 0.6 is 0 Å². The van der Waals surface area contributed by atoms with Crippen LogP contribution in [0.2, 0.25) is 0 Å². The van der Waals surface area contributed by atoms with Gasteiger partial charge in [-0.15, -0.1) is 0 Å². The molecule has 2 amide bonds. The van der Waals surface area contributed by atoms with E-state index in [0.29, 0.717) is 17.7 Å². The molecular formula is C18H24N2O5. The van der Waals surface area contributed by atoms with Crippen LogP contribution in [-0.4, -0.2) is 54.5 Å². The first-order valence-corrected chi connectivity index (χ1v) is 8.24. The quantitative estimate of drug-likeness (QED) is 0.827. The highest BCUT2D eigenvalue weighted by molar-refractivity contribution is 5.87. The molecule has 1 aliphatic heterocycles. The molecule has 0 aromatic heterocycles. The Balaban J connectivity index is 2.22. The van der Waals surface area contributed by atoms with E-state index in [1.54, 1.807) is 6.07 Å². The number of aryl methyl sites for hydroxylation is 1. The Kier molecular flexibility index (Phi) is 6.01. The highest BCUT2D eigenvalue weighted by Crippen LogP contribution is 2.26. The summed E-state index contributed by atoms with van der Waals surface area (Å²) in [5.74, 6) is -1.32. The van der Waals surface area contributed by atoms with Gasteiger partial charge in [0.15, 0.2) is 0 Å². The lowest BCUT2D eigenvalue weighted by atomic mass is 9.91. The molecule has 136 valence electrons. The number of rotatable bonds is 5. The van der Waals surface area contributed by atoms with Crippen LogP contribution in [0.3, 0.4) is 0 Å². The zero-order valence-electron chi connectivity index (χ0n) is 14.7. The summed E-state index contributed by atoms with van der Waals surface area (Å²) < 4.78 is 5.29. The maximum absolute atomic E-state index is 12.8. The summed E-state index contributed by atoms with van der Waals surface area (Å²) in [6.07, 6.45) is 0.757. The molecule has 7 heteroatoms. The predicted molar refractivity (Wildman–Crippen MR) is 91.4 cm³/mol. The summed E-state index contributed by atoms with van der Waals surface area (Å²) in [7, 11) is 3.07. The molecular weight excluding hydrogens is 324 g/mol. The van der Waals surface area contributed by atoms with Crippen LogP contribution in [0.1, 0.15) is 24.0 Å². The van der Waals surface area contributed by atoms with Crippen LogP contribution in [0, 0.1) is 12.8 Å². The van der Waals surface area contributed by atoms with Gasteiger partial charge in [0, 0.05) is 19.2 Å². The monoisotopic (exact) mass is 348 g/mol. The Hall–Kier alpha value is -2.57. The van der Waals surface area contributed by atoms with E-state index in [4.69, 9.17) is 4.74 Å². The van der Waals surface area contributed by atoms with Crippen molar-refractivity contribution < 1.29 is 24.2 Å². The number of hydrogen-bond donors (Lipinski definition) is 2. The summed E-state index contributed by atoms with van der Waals surface area (Å²) in [6.45, 7) is 2.03. The van der Waals surface area contributed by atoms with Crippen molar-refractivity contribution >= 4 is 17.8 Å². The minimum absolute atomic E-state index is 0.0368. The minimum atomic E-state index is -1.04. The van der Waals surface area contributed by atoms with Gasteiger partial charge >= 0.3 is 5.97 Å². The minimum Gasteiger partial charge on any atom is -0.496 e. The van der Waals surface area contributed by atoms with Crippen molar-refractivity contribution in [2.45, 2.75) is 32.2 Å². The van der Waals surface area contributed by atoms with Crippen LogP contribution in [0.5, 0.6) is 5.75 Å². The lowest BCUT2D eigenvalue weighted by Crippen LogP contribution is -2.53. The number of carboxylic acid groups (broad SMARTS) is 1. The second kappa shape index (κ2) is 8.00. The normalized spacial score (nSPS) is 20.0. The summed E-state index contributed by atoms with van der Waals surface area (Å²) in [6, 6.07) is 4.63. The van der Waals surface area contributed by atoms with Crippen LogP contribution < -0.4 is 10.1 Å². The van der Waals surface area contributed by atoms with Crippen molar-refractivity contribution in [3.05, 3.63) is 29.3 Å². The number of ether oxygens (including phenoxy) is 1. The van der Waals surface area contributed by atoms with Gasteiger partial charge in [-0.1, -0.05) is 17.7 Å². The predicted octanol–water partition coefficient (Wildman–Crippen LogP) is 0.984. The van der Waals surface area contributed by atoms with Crippen LogP contribution in [0.15, 0.2) is 18.2 Å². The van der Waals surface area contributed by atoms with Gasteiger partial charge in [-0.2, -0.15) is 0 Å². The molecule has 2 rings (SSSR count). The third-order valence-electron chi connectivity index (χ3n) is 4.58. The summed E-state index contributed by atoms with van der Waals surface area (Å²) >= 11 is 0. The number of piperidine rings is 1. The molecule has 1 fully saturated rings. The standard InChI is InChI=1S/C18H24N2O5/c1-11-4-7-15(25-3)13(8-11)9-16(21)20-10-12(17(22)19-2)5-6-14(20)18(23)24/h4,7-8,12,14H,5-6,9-10H2,1-3H3,(H,19,22)(H,23,24)/t12-,14-/m0/s1. The number of nitrogens with zero attached hydrogens (tertiary/aromatic N) is 1. The molecule has 25 heavy (non-hydrogen) atoms. The fourth-order valence-electron chi connectivity index (χ4n) is 3.23. The van der Waals surface area contributed by atoms with Gasteiger partial charge in [-0.05, 0) is 25.8 Å². The number of aliphatic carboxylic acids is 1. The Morgan fingerprint density at radius 1 is 1.32 bits per heavy atom. The van der Waals surface area contributed by atoms with E-state index in [0.717, 1.165) is 5.56 Å². The Morgan fingerprint density at radius 3 is 2.64 bits per heavy atom. The molecule has 0 unspecified atom stereocenters. The fourth-order valence-corrected chi connectivity index (χ4v) is 3.23. The number of likely N-dealkylation sites (tertiary alicyclic amines) is 1. The third kappa shape index (κ3) is 4.29. The molecule has 0 saturated carbocycles. The van der Waals surface area contributed by atoms with Crippen molar-refractivity contribution in [1.82, 2.24) is 10.2 Å². The molecule has 2 atom stereocenters. The van der Waals surface area contributed by atoms with Gasteiger partial charge in [0.1, 0.15) is 11.8 Å². The van der Waals surface area contributed by atoms with Crippen molar-refractivity contribution in [3.8, 4) is 5.75 Å². The smallest absolute Gasteiger partial charge is 0.326 e. The lowest BCUT2D eigenvalue weighted by Gasteiger charge is -2.37. The molecule has 0 bridgehead atoms. The second-order valence-electron chi connectivity index (χ2n) is 6.28. The Bertz CT molecular complexity index is 673. The number of amides is 2. The van der Waals surface area contributed by atoms with Crippen molar-refractivity contribution in [3.63, 3.8) is 0 Å².